The van der Waals surface area contributed by atoms with Crippen LogP contribution in [-0.2, 0) is 32.6 Å². The summed E-state index contributed by atoms with van der Waals surface area (Å²) in [6.07, 6.45) is 1.53. The van der Waals surface area contributed by atoms with Crippen molar-refractivity contribution in [2.75, 3.05) is 24.2 Å². The molecule has 0 aliphatic carbocycles. The van der Waals surface area contributed by atoms with E-state index in [0.717, 1.165) is 16.1 Å². The molecular formula is C28H31ClFN3O4S. The van der Waals surface area contributed by atoms with Gasteiger partial charge in [-0.2, -0.15) is 0 Å². The normalized spacial score (nSPS) is 12.0. The number of rotatable bonds is 12. The van der Waals surface area contributed by atoms with Crippen molar-refractivity contribution in [3.05, 3.63) is 101 Å². The Morgan fingerprint density at radius 1 is 0.974 bits per heavy atom. The number of nitrogens with one attached hydrogen (secondary N) is 1. The second-order valence-corrected chi connectivity index (χ2v) is 11.2. The first-order valence-corrected chi connectivity index (χ1v) is 14.3. The van der Waals surface area contributed by atoms with Crippen LogP contribution in [0.2, 0.25) is 5.02 Å². The van der Waals surface area contributed by atoms with Gasteiger partial charge in [-0.3, -0.25) is 13.9 Å². The van der Waals surface area contributed by atoms with Crippen LogP contribution in [0, 0.1) is 5.82 Å². The second-order valence-electron chi connectivity index (χ2n) is 8.85. The van der Waals surface area contributed by atoms with Gasteiger partial charge in [-0.15, -0.1) is 0 Å². The van der Waals surface area contributed by atoms with Crippen molar-refractivity contribution in [1.29, 1.82) is 0 Å². The maximum absolute atomic E-state index is 13.6. The Kier molecular flexibility index (Phi) is 10.3. The number of nitrogens with zero attached hydrogens (tertiary/aromatic N) is 2. The molecule has 10 heteroatoms. The standard InChI is InChI=1S/C28H31ClFN3O4S/c1-31-28(35)26(19-21-9-4-3-5-10-21)32(20-22-11-6-7-12-25(22)29)27(34)13-8-18-33(38(2,36)37)24-16-14-23(30)15-17-24/h3-7,9-12,14-17,26H,8,13,18-20H2,1-2H3,(H,31,35)/t26-/m0/s1. The number of carbonyl (C=O) groups is 2. The van der Waals surface area contributed by atoms with Crippen LogP contribution in [0.15, 0.2) is 78.9 Å². The van der Waals surface area contributed by atoms with Gasteiger partial charge in [-0.1, -0.05) is 60.1 Å². The molecule has 2 amide bonds. The van der Waals surface area contributed by atoms with E-state index in [1.807, 2.05) is 36.4 Å². The van der Waals surface area contributed by atoms with Crippen LogP contribution in [0.1, 0.15) is 24.0 Å². The minimum Gasteiger partial charge on any atom is -0.357 e. The Labute approximate surface area is 228 Å². The quantitative estimate of drug-likeness (QED) is 0.356. The summed E-state index contributed by atoms with van der Waals surface area (Å²) in [6.45, 7) is 0.122. The van der Waals surface area contributed by atoms with E-state index in [-0.39, 0.29) is 37.7 Å². The molecule has 0 aromatic heterocycles. The minimum atomic E-state index is -3.67. The number of halogens is 2. The fourth-order valence-corrected chi connectivity index (χ4v) is 5.30. The Morgan fingerprint density at radius 2 is 1.61 bits per heavy atom. The van der Waals surface area contributed by atoms with E-state index in [2.05, 4.69) is 5.32 Å². The van der Waals surface area contributed by atoms with Crippen LogP contribution >= 0.6 is 11.6 Å². The van der Waals surface area contributed by atoms with E-state index in [1.165, 1.54) is 36.2 Å². The summed E-state index contributed by atoms with van der Waals surface area (Å²) in [4.78, 5) is 28.1. The summed E-state index contributed by atoms with van der Waals surface area (Å²) in [5.41, 5.74) is 1.88. The maximum Gasteiger partial charge on any atom is 0.242 e. The van der Waals surface area contributed by atoms with E-state index < -0.39 is 21.9 Å². The average molecular weight is 560 g/mol. The van der Waals surface area contributed by atoms with Gasteiger partial charge in [0.15, 0.2) is 0 Å². The SMILES string of the molecule is CNC(=O)[C@H](Cc1ccccc1)N(Cc1ccccc1Cl)C(=O)CCCN(c1ccc(F)cc1)S(C)(=O)=O. The molecule has 0 saturated heterocycles. The highest BCUT2D eigenvalue weighted by Crippen LogP contribution is 2.22. The largest absolute Gasteiger partial charge is 0.357 e. The van der Waals surface area contributed by atoms with Crippen molar-refractivity contribution in [1.82, 2.24) is 10.2 Å². The van der Waals surface area contributed by atoms with Gasteiger partial charge < -0.3 is 10.2 Å². The number of carbonyl (C=O) groups excluding carboxylic acids is 2. The Balaban J connectivity index is 1.84. The molecule has 1 N–H and O–H groups in total. The summed E-state index contributed by atoms with van der Waals surface area (Å²) < 4.78 is 39.3. The molecule has 0 radical (unpaired) electrons. The molecule has 0 bridgehead atoms. The van der Waals surface area contributed by atoms with E-state index in [0.29, 0.717) is 22.7 Å². The molecule has 3 aromatic rings. The van der Waals surface area contributed by atoms with Gasteiger partial charge in [0.2, 0.25) is 21.8 Å². The Morgan fingerprint density at radius 3 is 2.21 bits per heavy atom. The number of sulfonamides is 1. The first-order valence-electron chi connectivity index (χ1n) is 12.1. The fourth-order valence-electron chi connectivity index (χ4n) is 4.14. The van der Waals surface area contributed by atoms with Crippen molar-refractivity contribution in [3.63, 3.8) is 0 Å². The number of anilines is 1. The van der Waals surface area contributed by atoms with Crippen molar-refractivity contribution in [2.24, 2.45) is 0 Å². The summed E-state index contributed by atoms with van der Waals surface area (Å²) in [5.74, 6) is -1.12. The first kappa shape index (κ1) is 29.1. The molecule has 0 heterocycles. The number of amides is 2. The van der Waals surface area contributed by atoms with Gasteiger partial charge in [0.1, 0.15) is 11.9 Å². The lowest BCUT2D eigenvalue weighted by atomic mass is 10.0. The summed E-state index contributed by atoms with van der Waals surface area (Å²) in [6, 6.07) is 20.8. The minimum absolute atomic E-state index is 0.0134. The number of likely N-dealkylation sites (N-methyl/N-ethyl adjacent to an activating group) is 1. The summed E-state index contributed by atoms with van der Waals surface area (Å²) in [7, 11) is -2.15. The topological polar surface area (TPSA) is 86.8 Å². The monoisotopic (exact) mass is 559 g/mol. The molecule has 0 unspecified atom stereocenters. The molecule has 38 heavy (non-hydrogen) atoms. The molecule has 0 fully saturated rings. The lowest BCUT2D eigenvalue weighted by Gasteiger charge is -2.32. The Bertz CT molecular complexity index is 1340. The molecule has 1 atom stereocenters. The average Bonchev–Trinajstić information content (AvgIpc) is 2.89. The van der Waals surface area contributed by atoms with E-state index in [4.69, 9.17) is 11.6 Å². The maximum atomic E-state index is 13.6. The molecule has 3 aromatic carbocycles. The van der Waals surface area contributed by atoms with Crippen LogP contribution in [0.4, 0.5) is 10.1 Å². The Hall–Kier alpha value is -3.43. The van der Waals surface area contributed by atoms with Gasteiger partial charge in [0.25, 0.3) is 0 Å². The van der Waals surface area contributed by atoms with Crippen LogP contribution in [0.25, 0.3) is 0 Å². The second kappa shape index (κ2) is 13.4. The predicted molar refractivity (Wildman–Crippen MR) is 148 cm³/mol. The zero-order valence-electron chi connectivity index (χ0n) is 21.3. The highest BCUT2D eigenvalue weighted by molar-refractivity contribution is 7.92. The van der Waals surface area contributed by atoms with Crippen molar-refractivity contribution in [2.45, 2.75) is 31.8 Å². The number of hydrogen-bond donors (Lipinski definition) is 1. The number of benzene rings is 3. The molecule has 0 aliphatic heterocycles. The number of hydrogen-bond acceptors (Lipinski definition) is 4. The fraction of sp³-hybridized carbons (Fsp3) is 0.286. The van der Waals surface area contributed by atoms with E-state index in [1.54, 1.807) is 18.2 Å². The third-order valence-electron chi connectivity index (χ3n) is 6.08. The van der Waals surface area contributed by atoms with Crippen molar-refractivity contribution >= 4 is 39.1 Å². The van der Waals surface area contributed by atoms with Crippen LogP contribution < -0.4 is 9.62 Å². The third-order valence-corrected chi connectivity index (χ3v) is 7.65. The highest BCUT2D eigenvalue weighted by Gasteiger charge is 2.30. The molecule has 7 nitrogen and oxygen atoms in total. The first-order chi connectivity index (χ1) is 18.1. The van der Waals surface area contributed by atoms with Gasteiger partial charge in [-0.05, 0) is 47.9 Å². The molecular weight excluding hydrogens is 529 g/mol. The van der Waals surface area contributed by atoms with Gasteiger partial charge in [0, 0.05) is 38.0 Å². The zero-order valence-corrected chi connectivity index (χ0v) is 22.9. The smallest absolute Gasteiger partial charge is 0.242 e. The van der Waals surface area contributed by atoms with E-state index in [9.17, 15) is 22.4 Å². The van der Waals surface area contributed by atoms with Gasteiger partial charge in [-0.25, -0.2) is 12.8 Å². The molecule has 0 spiro atoms. The summed E-state index contributed by atoms with van der Waals surface area (Å²) in [5, 5.41) is 3.13. The molecule has 0 saturated carbocycles. The lowest BCUT2D eigenvalue weighted by Crippen LogP contribution is -2.49. The predicted octanol–water partition coefficient (Wildman–Crippen LogP) is 4.41. The molecule has 0 aliphatic rings. The van der Waals surface area contributed by atoms with Crippen LogP contribution in [0.3, 0.4) is 0 Å². The van der Waals surface area contributed by atoms with Gasteiger partial charge in [0.05, 0.1) is 11.9 Å². The van der Waals surface area contributed by atoms with Crippen molar-refractivity contribution in [3.8, 4) is 0 Å². The van der Waals surface area contributed by atoms with E-state index >= 15 is 0 Å². The summed E-state index contributed by atoms with van der Waals surface area (Å²) >= 11 is 6.39. The van der Waals surface area contributed by atoms with Gasteiger partial charge >= 0.3 is 0 Å². The van der Waals surface area contributed by atoms with Crippen LogP contribution in [-0.4, -0.2) is 51.0 Å². The lowest BCUT2D eigenvalue weighted by molar-refractivity contribution is -0.141. The molecule has 3 rings (SSSR count). The highest BCUT2D eigenvalue weighted by atomic mass is 35.5. The van der Waals surface area contributed by atoms with Crippen molar-refractivity contribution < 1.29 is 22.4 Å². The van der Waals surface area contributed by atoms with Crippen LogP contribution in [0.5, 0.6) is 0 Å². The third kappa shape index (κ3) is 8.03. The zero-order chi connectivity index (χ0) is 27.7. The molecule has 202 valence electrons.